The summed E-state index contributed by atoms with van der Waals surface area (Å²) in [4.78, 5) is 8.51. The van der Waals surface area contributed by atoms with Crippen molar-refractivity contribution in [2.75, 3.05) is 6.61 Å². The fourth-order valence-electron chi connectivity index (χ4n) is 2.96. The van der Waals surface area contributed by atoms with Gasteiger partial charge >= 0.3 is 6.18 Å². The van der Waals surface area contributed by atoms with Crippen molar-refractivity contribution >= 4 is 28.8 Å². The number of ether oxygens (including phenoxy) is 1. The molecule has 0 bridgehead atoms. The number of alkyl halides is 3. The van der Waals surface area contributed by atoms with Gasteiger partial charge in [0.05, 0.1) is 21.7 Å². The van der Waals surface area contributed by atoms with E-state index < -0.39 is 17.8 Å². The zero-order valence-corrected chi connectivity index (χ0v) is 18.1. The van der Waals surface area contributed by atoms with Gasteiger partial charge in [-0.3, -0.25) is 0 Å². The fourth-order valence-corrected chi connectivity index (χ4v) is 3.44. The number of hydrogen-bond donors (Lipinski definition) is 1. The summed E-state index contributed by atoms with van der Waals surface area (Å²) < 4.78 is 51.1. The molecule has 4 rings (SSSR count). The van der Waals surface area contributed by atoms with E-state index in [-0.39, 0.29) is 39.7 Å². The molecule has 0 amide bonds. The minimum absolute atomic E-state index is 0.0679. The Morgan fingerprint density at radius 3 is 2.59 bits per heavy atom. The summed E-state index contributed by atoms with van der Waals surface area (Å²) in [5, 5.41) is 13.4. The molecule has 4 aromatic rings. The van der Waals surface area contributed by atoms with Crippen molar-refractivity contribution in [1.29, 1.82) is 0 Å². The number of imidazole rings is 1. The Kier molecular flexibility index (Phi) is 5.78. The predicted octanol–water partition coefficient (Wildman–Crippen LogP) is 5.44. The molecule has 1 N–H and O–H groups in total. The van der Waals surface area contributed by atoms with E-state index in [2.05, 4.69) is 15.1 Å². The molecule has 0 aliphatic carbocycles. The summed E-state index contributed by atoms with van der Waals surface area (Å²) in [6, 6.07) is 4.07. The van der Waals surface area contributed by atoms with Crippen LogP contribution in [0.1, 0.15) is 18.1 Å². The molecule has 0 radical (unpaired) electrons. The lowest BCUT2D eigenvalue weighted by Crippen LogP contribution is -2.13. The maximum atomic E-state index is 13.0. The lowest BCUT2D eigenvalue weighted by atomic mass is 10.1. The van der Waals surface area contributed by atoms with Crippen molar-refractivity contribution in [3.63, 3.8) is 0 Å². The largest absolute Gasteiger partial charge is 0.489 e. The molecular formula is C20H15Cl2F3N4O3. The van der Waals surface area contributed by atoms with Gasteiger partial charge in [0.1, 0.15) is 18.1 Å². The quantitative estimate of drug-likeness (QED) is 0.403. The lowest BCUT2D eigenvalue weighted by molar-refractivity contribution is -0.137. The summed E-state index contributed by atoms with van der Waals surface area (Å²) in [5.74, 6) is 0.600. The van der Waals surface area contributed by atoms with Gasteiger partial charge in [-0.1, -0.05) is 28.4 Å². The highest BCUT2D eigenvalue weighted by molar-refractivity contribution is 6.33. The third kappa shape index (κ3) is 4.38. The van der Waals surface area contributed by atoms with Gasteiger partial charge in [-0.15, -0.1) is 0 Å². The van der Waals surface area contributed by atoms with Crippen molar-refractivity contribution in [1.82, 2.24) is 19.5 Å². The van der Waals surface area contributed by atoms with Gasteiger partial charge in [-0.05, 0) is 37.6 Å². The molecule has 12 heteroatoms. The number of rotatable bonds is 5. The first-order chi connectivity index (χ1) is 15.0. The summed E-state index contributed by atoms with van der Waals surface area (Å²) in [5.41, 5.74) is 0.662. The van der Waals surface area contributed by atoms with Gasteiger partial charge in [0.15, 0.2) is 5.65 Å². The summed E-state index contributed by atoms with van der Waals surface area (Å²) in [6.45, 7) is 3.45. The molecule has 3 aromatic heterocycles. The van der Waals surface area contributed by atoms with Crippen LogP contribution in [0.3, 0.4) is 0 Å². The van der Waals surface area contributed by atoms with Gasteiger partial charge in [-0.25, -0.2) is 4.98 Å². The molecule has 3 heterocycles. The van der Waals surface area contributed by atoms with Crippen molar-refractivity contribution < 1.29 is 27.5 Å². The highest BCUT2D eigenvalue weighted by Gasteiger charge is 2.32. The van der Waals surface area contributed by atoms with Gasteiger partial charge in [0.2, 0.25) is 5.82 Å². The van der Waals surface area contributed by atoms with Crippen LogP contribution in [0.2, 0.25) is 10.0 Å². The second-order valence-electron chi connectivity index (χ2n) is 7.11. The molecule has 1 unspecified atom stereocenters. The Hall–Kier alpha value is -2.82. The summed E-state index contributed by atoms with van der Waals surface area (Å²) in [6.07, 6.45) is -2.99. The SMILES string of the molecule is Cc1cc(OCC(C)O)c(Cl)cc1-c1nc(-c2cn3cc(C(F)(F)F)cc(Cl)c3n2)no1. The van der Waals surface area contributed by atoms with Crippen LogP contribution in [0.4, 0.5) is 13.2 Å². The molecule has 0 saturated heterocycles. The van der Waals surface area contributed by atoms with Gasteiger partial charge in [-0.2, -0.15) is 18.2 Å². The first-order valence-corrected chi connectivity index (χ1v) is 9.99. The van der Waals surface area contributed by atoms with E-state index >= 15 is 0 Å². The van der Waals surface area contributed by atoms with E-state index in [0.29, 0.717) is 11.3 Å². The first kappa shape index (κ1) is 22.4. The lowest BCUT2D eigenvalue weighted by Gasteiger charge is -2.11. The van der Waals surface area contributed by atoms with Crippen LogP contribution in [0.25, 0.3) is 28.6 Å². The van der Waals surface area contributed by atoms with E-state index in [1.165, 1.54) is 6.20 Å². The third-order valence-electron chi connectivity index (χ3n) is 4.48. The average molecular weight is 487 g/mol. The molecule has 7 nitrogen and oxygen atoms in total. The van der Waals surface area contributed by atoms with E-state index in [9.17, 15) is 18.3 Å². The zero-order valence-electron chi connectivity index (χ0n) is 16.6. The Balaban J connectivity index is 1.68. The predicted molar refractivity (Wildman–Crippen MR) is 111 cm³/mol. The second kappa shape index (κ2) is 8.27. The Labute approximate surface area is 189 Å². The molecule has 168 valence electrons. The Morgan fingerprint density at radius 2 is 1.91 bits per heavy atom. The minimum atomic E-state index is -4.55. The van der Waals surface area contributed by atoms with Gasteiger partial charge < -0.3 is 18.8 Å². The van der Waals surface area contributed by atoms with E-state index in [4.69, 9.17) is 32.5 Å². The maximum Gasteiger partial charge on any atom is 0.417 e. The first-order valence-electron chi connectivity index (χ1n) is 9.24. The average Bonchev–Trinajstić information content (AvgIpc) is 3.34. The molecule has 0 aliphatic heterocycles. The van der Waals surface area contributed by atoms with Crippen LogP contribution >= 0.6 is 23.2 Å². The number of halogens is 5. The highest BCUT2D eigenvalue weighted by atomic mass is 35.5. The summed E-state index contributed by atoms with van der Waals surface area (Å²) >= 11 is 12.2. The van der Waals surface area contributed by atoms with Crippen molar-refractivity contribution in [2.45, 2.75) is 26.1 Å². The number of aliphatic hydroxyl groups is 1. The van der Waals surface area contributed by atoms with Crippen LogP contribution in [-0.2, 0) is 6.18 Å². The van der Waals surface area contributed by atoms with Crippen LogP contribution in [0.5, 0.6) is 5.75 Å². The molecular weight excluding hydrogens is 472 g/mol. The number of benzene rings is 1. The number of aryl methyl sites for hydroxylation is 1. The zero-order chi connectivity index (χ0) is 23.2. The molecule has 1 aromatic carbocycles. The molecule has 0 fully saturated rings. The Morgan fingerprint density at radius 1 is 1.16 bits per heavy atom. The maximum absolute atomic E-state index is 13.0. The van der Waals surface area contributed by atoms with Crippen LogP contribution < -0.4 is 4.74 Å². The number of aromatic nitrogens is 4. The minimum Gasteiger partial charge on any atom is -0.489 e. The van der Waals surface area contributed by atoms with Crippen LogP contribution in [0.15, 0.2) is 35.1 Å². The topological polar surface area (TPSA) is 85.7 Å². The molecule has 0 aliphatic rings. The second-order valence-corrected chi connectivity index (χ2v) is 7.93. The smallest absolute Gasteiger partial charge is 0.417 e. The number of nitrogens with zero attached hydrogens (tertiary/aromatic N) is 4. The fraction of sp³-hybridized carbons (Fsp3) is 0.250. The molecule has 32 heavy (non-hydrogen) atoms. The van der Waals surface area contributed by atoms with Gasteiger partial charge in [0, 0.05) is 18.0 Å². The van der Waals surface area contributed by atoms with Crippen LogP contribution in [-0.4, -0.2) is 37.3 Å². The van der Waals surface area contributed by atoms with E-state index in [1.807, 2.05) is 0 Å². The number of pyridine rings is 1. The van der Waals surface area contributed by atoms with Crippen LogP contribution in [0, 0.1) is 6.92 Å². The summed E-state index contributed by atoms with van der Waals surface area (Å²) in [7, 11) is 0. The van der Waals surface area contributed by atoms with Crippen molar-refractivity contribution in [3.8, 4) is 28.7 Å². The number of hydrogen-bond acceptors (Lipinski definition) is 6. The highest BCUT2D eigenvalue weighted by Crippen LogP contribution is 2.35. The number of aliphatic hydroxyl groups excluding tert-OH is 1. The van der Waals surface area contributed by atoms with E-state index in [0.717, 1.165) is 22.2 Å². The van der Waals surface area contributed by atoms with Crippen molar-refractivity contribution in [2.24, 2.45) is 0 Å². The molecule has 0 spiro atoms. The molecule has 0 saturated carbocycles. The Bertz CT molecular complexity index is 1300. The van der Waals surface area contributed by atoms with Crippen molar-refractivity contribution in [3.05, 3.63) is 51.8 Å². The molecule has 1 atom stereocenters. The number of fused-ring (bicyclic) bond motifs is 1. The standard InChI is InChI=1S/C20H15Cl2F3N4O3/c1-9-3-16(31-8-10(2)30)13(21)5-12(9)19-27-17(28-32-19)15-7-29-6-11(20(23,24)25)4-14(22)18(29)26-15/h3-7,10,30H,8H2,1-2H3. The normalized spacial score (nSPS) is 13.0. The van der Waals surface area contributed by atoms with Gasteiger partial charge in [0.25, 0.3) is 5.89 Å². The third-order valence-corrected chi connectivity index (χ3v) is 5.05. The monoisotopic (exact) mass is 486 g/mol. The van der Waals surface area contributed by atoms with E-state index in [1.54, 1.807) is 26.0 Å².